The largest absolute Gasteiger partial charge is 0.378 e. The number of ether oxygens (including phenoxy) is 1. The van der Waals surface area contributed by atoms with Crippen LogP contribution in [0.4, 0.5) is 0 Å². The Kier molecular flexibility index (Phi) is 2.33. The van der Waals surface area contributed by atoms with Crippen molar-refractivity contribution >= 4 is 0 Å². The van der Waals surface area contributed by atoms with Crippen LogP contribution in [0.1, 0.15) is 24.5 Å². The summed E-state index contributed by atoms with van der Waals surface area (Å²) in [5.41, 5.74) is 1.17. The molecule has 1 aromatic heterocycles. The Morgan fingerprint density at radius 2 is 2.62 bits per heavy atom. The maximum absolute atomic E-state index is 5.11. The normalized spacial score (nSPS) is 21.5. The van der Waals surface area contributed by atoms with Crippen molar-refractivity contribution in [3.8, 4) is 0 Å². The molecule has 72 valence electrons. The molecule has 0 saturated heterocycles. The summed E-state index contributed by atoms with van der Waals surface area (Å²) < 4.78 is 7.35. The molecule has 2 rings (SSSR count). The van der Waals surface area contributed by atoms with Crippen LogP contribution >= 0.6 is 0 Å². The summed E-state index contributed by atoms with van der Waals surface area (Å²) in [5, 5.41) is 3.37. The standard InChI is InChI=1S/C9H15N3O/c1-7-9-11-5-8(6-13-2)12(9)4-3-10-7/h5,7,10H,3-4,6H2,1-2H3. The van der Waals surface area contributed by atoms with Crippen LogP contribution in [0.25, 0.3) is 0 Å². The van der Waals surface area contributed by atoms with Crippen molar-refractivity contribution in [1.82, 2.24) is 14.9 Å². The fraction of sp³-hybridized carbons (Fsp3) is 0.667. The molecule has 1 atom stereocenters. The SMILES string of the molecule is COCc1cnc2n1CCNC2C. The molecule has 13 heavy (non-hydrogen) atoms. The van der Waals surface area contributed by atoms with Gasteiger partial charge < -0.3 is 14.6 Å². The van der Waals surface area contributed by atoms with Gasteiger partial charge >= 0.3 is 0 Å². The molecule has 1 aromatic rings. The number of nitrogens with zero attached hydrogens (tertiary/aromatic N) is 2. The van der Waals surface area contributed by atoms with E-state index in [-0.39, 0.29) is 0 Å². The maximum Gasteiger partial charge on any atom is 0.125 e. The highest BCUT2D eigenvalue weighted by Gasteiger charge is 2.19. The number of methoxy groups -OCH3 is 1. The summed E-state index contributed by atoms with van der Waals surface area (Å²) in [6.07, 6.45) is 1.91. The molecule has 0 aromatic carbocycles. The van der Waals surface area contributed by atoms with Crippen molar-refractivity contribution in [2.75, 3.05) is 13.7 Å². The first-order valence-electron chi connectivity index (χ1n) is 4.59. The highest BCUT2D eigenvalue weighted by Crippen LogP contribution is 2.17. The second-order valence-corrected chi connectivity index (χ2v) is 3.37. The molecule has 0 spiro atoms. The molecule has 0 bridgehead atoms. The Morgan fingerprint density at radius 3 is 3.38 bits per heavy atom. The molecule has 0 radical (unpaired) electrons. The van der Waals surface area contributed by atoms with Crippen LogP contribution in [0.3, 0.4) is 0 Å². The van der Waals surface area contributed by atoms with Gasteiger partial charge in [0, 0.05) is 20.2 Å². The average molecular weight is 181 g/mol. The first-order chi connectivity index (χ1) is 6.33. The summed E-state index contributed by atoms with van der Waals surface area (Å²) in [5.74, 6) is 1.12. The van der Waals surface area contributed by atoms with Crippen molar-refractivity contribution < 1.29 is 4.74 Å². The first kappa shape index (κ1) is 8.72. The summed E-state index contributed by atoms with van der Waals surface area (Å²) in [6, 6.07) is 0.361. The predicted octanol–water partition coefficient (Wildman–Crippen LogP) is 0.694. The molecule has 1 aliphatic heterocycles. The molecule has 0 saturated carbocycles. The van der Waals surface area contributed by atoms with E-state index in [0.717, 1.165) is 18.9 Å². The van der Waals surface area contributed by atoms with Gasteiger partial charge in [0.05, 0.1) is 24.5 Å². The Hall–Kier alpha value is -0.870. The van der Waals surface area contributed by atoms with Crippen molar-refractivity contribution in [1.29, 1.82) is 0 Å². The van der Waals surface area contributed by atoms with E-state index >= 15 is 0 Å². The number of hydrogen-bond donors (Lipinski definition) is 1. The highest BCUT2D eigenvalue weighted by molar-refractivity contribution is 5.09. The second-order valence-electron chi connectivity index (χ2n) is 3.37. The van der Waals surface area contributed by atoms with E-state index in [1.165, 1.54) is 5.69 Å². The molecule has 1 N–H and O–H groups in total. The molecule has 4 nitrogen and oxygen atoms in total. The second kappa shape index (κ2) is 3.47. The average Bonchev–Trinajstić information content (AvgIpc) is 2.51. The van der Waals surface area contributed by atoms with Crippen molar-refractivity contribution in [3.63, 3.8) is 0 Å². The molecular formula is C9H15N3O. The van der Waals surface area contributed by atoms with E-state index < -0.39 is 0 Å². The highest BCUT2D eigenvalue weighted by atomic mass is 16.5. The van der Waals surface area contributed by atoms with Crippen LogP contribution in [0.15, 0.2) is 6.20 Å². The molecule has 1 unspecified atom stereocenters. The predicted molar refractivity (Wildman–Crippen MR) is 49.4 cm³/mol. The van der Waals surface area contributed by atoms with E-state index in [1.54, 1.807) is 7.11 Å². The summed E-state index contributed by atoms with van der Waals surface area (Å²) in [6.45, 7) is 4.80. The molecule has 0 aliphatic carbocycles. The zero-order valence-corrected chi connectivity index (χ0v) is 8.08. The van der Waals surface area contributed by atoms with Gasteiger partial charge in [0.1, 0.15) is 5.82 Å². The Bertz CT molecular complexity index is 295. The van der Waals surface area contributed by atoms with E-state index in [2.05, 4.69) is 21.8 Å². The monoisotopic (exact) mass is 181 g/mol. The smallest absolute Gasteiger partial charge is 0.125 e. The first-order valence-corrected chi connectivity index (χ1v) is 4.59. The lowest BCUT2D eigenvalue weighted by atomic mass is 10.2. The Labute approximate surface area is 77.9 Å². The third-order valence-corrected chi connectivity index (χ3v) is 2.43. The van der Waals surface area contributed by atoms with Gasteiger partial charge in [-0.05, 0) is 6.92 Å². The van der Waals surface area contributed by atoms with Crippen molar-refractivity contribution in [2.45, 2.75) is 26.1 Å². The van der Waals surface area contributed by atoms with Crippen LogP contribution in [0.2, 0.25) is 0 Å². The minimum atomic E-state index is 0.361. The van der Waals surface area contributed by atoms with E-state index in [9.17, 15) is 0 Å². The third kappa shape index (κ3) is 1.47. The molecule has 0 amide bonds. The number of nitrogens with one attached hydrogen (secondary N) is 1. The van der Waals surface area contributed by atoms with E-state index in [0.29, 0.717) is 12.6 Å². The molecule has 2 heterocycles. The van der Waals surface area contributed by atoms with E-state index in [4.69, 9.17) is 4.74 Å². The summed E-state index contributed by atoms with van der Waals surface area (Å²) in [4.78, 5) is 4.38. The third-order valence-electron chi connectivity index (χ3n) is 2.43. The van der Waals surface area contributed by atoms with Gasteiger partial charge in [0.25, 0.3) is 0 Å². The zero-order valence-electron chi connectivity index (χ0n) is 8.08. The van der Waals surface area contributed by atoms with Crippen LogP contribution < -0.4 is 5.32 Å². The minimum absolute atomic E-state index is 0.361. The van der Waals surface area contributed by atoms with Gasteiger partial charge in [-0.2, -0.15) is 0 Å². The van der Waals surface area contributed by atoms with Crippen molar-refractivity contribution in [2.24, 2.45) is 0 Å². The fourth-order valence-electron chi connectivity index (χ4n) is 1.78. The summed E-state index contributed by atoms with van der Waals surface area (Å²) >= 11 is 0. The van der Waals surface area contributed by atoms with E-state index in [1.807, 2.05) is 6.20 Å². The van der Waals surface area contributed by atoms with Crippen LogP contribution in [-0.2, 0) is 17.9 Å². The van der Waals surface area contributed by atoms with Gasteiger partial charge in [0.2, 0.25) is 0 Å². The fourth-order valence-corrected chi connectivity index (χ4v) is 1.78. The quantitative estimate of drug-likeness (QED) is 0.729. The zero-order chi connectivity index (χ0) is 9.26. The molecule has 0 fully saturated rings. The van der Waals surface area contributed by atoms with Crippen LogP contribution in [-0.4, -0.2) is 23.2 Å². The molecular weight excluding hydrogens is 166 g/mol. The molecule has 4 heteroatoms. The lowest BCUT2D eigenvalue weighted by Crippen LogP contribution is -2.32. The maximum atomic E-state index is 5.11. The van der Waals surface area contributed by atoms with Gasteiger partial charge in [-0.1, -0.05) is 0 Å². The van der Waals surface area contributed by atoms with Gasteiger partial charge in [-0.3, -0.25) is 0 Å². The minimum Gasteiger partial charge on any atom is -0.378 e. The van der Waals surface area contributed by atoms with Crippen LogP contribution in [0, 0.1) is 0 Å². The number of fused-ring (bicyclic) bond motifs is 1. The number of aromatic nitrogens is 2. The van der Waals surface area contributed by atoms with Crippen LogP contribution in [0.5, 0.6) is 0 Å². The Morgan fingerprint density at radius 1 is 1.77 bits per heavy atom. The van der Waals surface area contributed by atoms with Crippen molar-refractivity contribution in [3.05, 3.63) is 17.7 Å². The van der Waals surface area contributed by atoms with Gasteiger partial charge in [0.15, 0.2) is 0 Å². The topological polar surface area (TPSA) is 39.1 Å². The summed E-state index contributed by atoms with van der Waals surface area (Å²) in [7, 11) is 1.71. The number of hydrogen-bond acceptors (Lipinski definition) is 3. The number of imidazole rings is 1. The molecule has 1 aliphatic rings. The lowest BCUT2D eigenvalue weighted by Gasteiger charge is -2.23. The number of rotatable bonds is 2. The van der Waals surface area contributed by atoms with Gasteiger partial charge in [-0.25, -0.2) is 4.98 Å². The Balaban J connectivity index is 2.30. The lowest BCUT2D eigenvalue weighted by molar-refractivity contribution is 0.176. The van der Waals surface area contributed by atoms with Gasteiger partial charge in [-0.15, -0.1) is 0 Å².